The molecule has 2 rings (SSSR count). The van der Waals surface area contributed by atoms with E-state index in [2.05, 4.69) is 10.2 Å². The second-order valence-electron chi connectivity index (χ2n) is 4.04. The Balaban J connectivity index is 2.21. The van der Waals surface area contributed by atoms with Crippen LogP contribution in [0.2, 0.25) is 0 Å². The number of thioether (sulfide) groups is 1. The van der Waals surface area contributed by atoms with Crippen LogP contribution in [0.25, 0.3) is 0 Å². The third-order valence-corrected chi connectivity index (χ3v) is 3.79. The van der Waals surface area contributed by atoms with Crippen molar-refractivity contribution in [1.29, 1.82) is 5.41 Å². The van der Waals surface area contributed by atoms with E-state index in [0.29, 0.717) is 23.0 Å². The number of hydrogen-bond acceptors (Lipinski definition) is 4. The van der Waals surface area contributed by atoms with Crippen molar-refractivity contribution in [3.05, 3.63) is 45.6 Å². The number of H-pyrrole nitrogens is 1. The van der Waals surface area contributed by atoms with Crippen LogP contribution in [0.4, 0.5) is 4.39 Å². The fourth-order valence-corrected chi connectivity index (χ4v) is 2.72. The normalized spacial score (nSPS) is 10.7. The van der Waals surface area contributed by atoms with Gasteiger partial charge in [0.1, 0.15) is 11.7 Å². The van der Waals surface area contributed by atoms with Gasteiger partial charge < -0.3 is 5.73 Å². The van der Waals surface area contributed by atoms with E-state index in [9.17, 15) is 9.18 Å². The summed E-state index contributed by atoms with van der Waals surface area (Å²) in [5, 5.41) is 14.1. The fourth-order valence-electron chi connectivity index (χ4n) is 1.73. The maximum absolute atomic E-state index is 14.1. The summed E-state index contributed by atoms with van der Waals surface area (Å²) in [6.07, 6.45) is 0. The zero-order chi connectivity index (χ0) is 14.7. The quantitative estimate of drug-likeness (QED) is 0.440. The minimum absolute atomic E-state index is 0.0815. The summed E-state index contributed by atoms with van der Waals surface area (Å²) in [5.74, 6) is -0.509. The van der Waals surface area contributed by atoms with Crippen molar-refractivity contribution in [2.75, 3.05) is 0 Å². The fraction of sp³-hybridized carbons (Fsp3) is 0.250. The Morgan fingerprint density at radius 3 is 3.00 bits per heavy atom. The molecule has 8 heteroatoms. The van der Waals surface area contributed by atoms with E-state index in [0.717, 1.165) is 0 Å². The highest BCUT2D eigenvalue weighted by Crippen LogP contribution is 2.22. The lowest BCUT2D eigenvalue weighted by molar-refractivity contribution is 0.614. The molecule has 6 nitrogen and oxygen atoms in total. The summed E-state index contributed by atoms with van der Waals surface area (Å²) < 4.78 is 15.6. The van der Waals surface area contributed by atoms with Crippen LogP contribution in [0.15, 0.2) is 28.2 Å². The van der Waals surface area contributed by atoms with Crippen molar-refractivity contribution in [2.24, 2.45) is 5.73 Å². The van der Waals surface area contributed by atoms with Gasteiger partial charge in [-0.1, -0.05) is 23.9 Å². The first kappa shape index (κ1) is 14.3. The second kappa shape index (κ2) is 5.91. The molecule has 0 aliphatic heterocycles. The molecule has 0 atom stereocenters. The highest BCUT2D eigenvalue weighted by atomic mass is 32.2. The SMILES string of the molecule is CCn1c(SCc2cccc(C(=N)N)c2F)n[nH]c1=O. The van der Waals surface area contributed by atoms with E-state index in [1.54, 1.807) is 12.1 Å². The Morgan fingerprint density at radius 2 is 2.35 bits per heavy atom. The molecule has 0 radical (unpaired) electrons. The molecule has 106 valence electrons. The molecular formula is C12H14FN5OS. The van der Waals surface area contributed by atoms with Crippen LogP contribution in [0.3, 0.4) is 0 Å². The molecule has 2 aromatic rings. The number of nitrogens with two attached hydrogens (primary N) is 1. The van der Waals surface area contributed by atoms with Gasteiger partial charge in [0.15, 0.2) is 5.16 Å². The van der Waals surface area contributed by atoms with E-state index < -0.39 is 5.82 Å². The van der Waals surface area contributed by atoms with Crippen LogP contribution < -0.4 is 11.4 Å². The van der Waals surface area contributed by atoms with Gasteiger partial charge in [-0.25, -0.2) is 14.3 Å². The van der Waals surface area contributed by atoms with E-state index in [1.807, 2.05) is 6.92 Å². The first-order valence-electron chi connectivity index (χ1n) is 5.94. The first-order valence-corrected chi connectivity index (χ1v) is 6.93. The van der Waals surface area contributed by atoms with E-state index in [-0.39, 0.29) is 17.1 Å². The first-order chi connectivity index (χ1) is 9.54. The average molecular weight is 295 g/mol. The summed E-state index contributed by atoms with van der Waals surface area (Å²) in [4.78, 5) is 11.4. The van der Waals surface area contributed by atoms with Gasteiger partial charge in [0.2, 0.25) is 0 Å². The third kappa shape index (κ3) is 2.74. The molecular weight excluding hydrogens is 281 g/mol. The van der Waals surface area contributed by atoms with E-state index in [1.165, 1.54) is 22.4 Å². The maximum Gasteiger partial charge on any atom is 0.343 e. The summed E-state index contributed by atoms with van der Waals surface area (Å²) >= 11 is 1.25. The maximum atomic E-state index is 14.1. The molecule has 0 spiro atoms. The number of benzene rings is 1. The molecule has 0 aliphatic carbocycles. The Labute approximate surface area is 118 Å². The number of nitrogens with zero attached hydrogens (tertiary/aromatic N) is 2. The van der Waals surface area contributed by atoms with Gasteiger partial charge in [-0.2, -0.15) is 0 Å². The number of nitrogen functional groups attached to an aromatic ring is 1. The summed E-state index contributed by atoms with van der Waals surface area (Å²) in [6.45, 7) is 2.32. The molecule has 1 heterocycles. The third-order valence-electron chi connectivity index (χ3n) is 2.77. The topological polar surface area (TPSA) is 101 Å². The minimum Gasteiger partial charge on any atom is -0.384 e. The lowest BCUT2D eigenvalue weighted by Gasteiger charge is -2.07. The molecule has 1 aromatic heterocycles. The van der Waals surface area contributed by atoms with Gasteiger partial charge >= 0.3 is 5.69 Å². The molecule has 0 saturated carbocycles. The number of aromatic amines is 1. The van der Waals surface area contributed by atoms with E-state index >= 15 is 0 Å². The summed E-state index contributed by atoms with van der Waals surface area (Å²) in [7, 11) is 0. The Kier molecular flexibility index (Phi) is 4.23. The van der Waals surface area contributed by atoms with Gasteiger partial charge in [-0.15, -0.1) is 5.10 Å². The molecule has 0 aliphatic rings. The summed E-state index contributed by atoms with van der Waals surface area (Å²) in [6, 6.07) is 4.73. The lowest BCUT2D eigenvalue weighted by atomic mass is 10.1. The van der Waals surface area contributed by atoms with Crippen LogP contribution in [0.1, 0.15) is 18.1 Å². The molecule has 0 unspecified atom stereocenters. The number of rotatable bonds is 5. The smallest absolute Gasteiger partial charge is 0.343 e. The zero-order valence-corrected chi connectivity index (χ0v) is 11.6. The van der Waals surface area contributed by atoms with Crippen molar-refractivity contribution in [2.45, 2.75) is 24.4 Å². The monoisotopic (exact) mass is 295 g/mol. The Bertz CT molecular complexity index is 693. The molecule has 0 bridgehead atoms. The van der Waals surface area contributed by atoms with Gasteiger partial charge in [0, 0.05) is 12.3 Å². The van der Waals surface area contributed by atoms with Crippen LogP contribution in [-0.4, -0.2) is 20.6 Å². The van der Waals surface area contributed by atoms with Gasteiger partial charge in [0.25, 0.3) is 0 Å². The minimum atomic E-state index is -0.506. The number of amidine groups is 1. The number of nitrogens with one attached hydrogen (secondary N) is 2. The van der Waals surface area contributed by atoms with Gasteiger partial charge in [-0.3, -0.25) is 9.98 Å². The number of hydrogen-bond donors (Lipinski definition) is 3. The standard InChI is InChI=1S/C12H14FN5OS/c1-2-18-11(19)16-17-12(18)20-6-7-4-3-5-8(9(7)13)10(14)15/h3-5H,2,6H2,1H3,(H3,14,15)(H,16,19). The summed E-state index contributed by atoms with van der Waals surface area (Å²) in [5.41, 5.74) is 5.53. The predicted molar refractivity (Wildman–Crippen MR) is 75.5 cm³/mol. The number of halogens is 1. The van der Waals surface area contributed by atoms with Gasteiger partial charge in [-0.05, 0) is 18.6 Å². The molecule has 1 aromatic carbocycles. The molecule has 0 amide bonds. The van der Waals surface area contributed by atoms with Gasteiger partial charge in [0.05, 0.1) is 5.56 Å². The Hall–Kier alpha value is -2.09. The highest BCUT2D eigenvalue weighted by Gasteiger charge is 2.12. The second-order valence-corrected chi connectivity index (χ2v) is 4.98. The molecule has 20 heavy (non-hydrogen) atoms. The van der Waals surface area contributed by atoms with Crippen molar-refractivity contribution in [3.63, 3.8) is 0 Å². The van der Waals surface area contributed by atoms with Crippen LogP contribution >= 0.6 is 11.8 Å². The zero-order valence-electron chi connectivity index (χ0n) is 10.8. The Morgan fingerprint density at radius 1 is 1.60 bits per heavy atom. The van der Waals surface area contributed by atoms with Crippen molar-refractivity contribution < 1.29 is 4.39 Å². The van der Waals surface area contributed by atoms with E-state index in [4.69, 9.17) is 11.1 Å². The molecule has 0 saturated heterocycles. The van der Waals surface area contributed by atoms with Crippen molar-refractivity contribution in [1.82, 2.24) is 14.8 Å². The van der Waals surface area contributed by atoms with Crippen LogP contribution in [0.5, 0.6) is 0 Å². The van der Waals surface area contributed by atoms with Crippen molar-refractivity contribution in [3.8, 4) is 0 Å². The molecule has 0 fully saturated rings. The van der Waals surface area contributed by atoms with Crippen LogP contribution in [-0.2, 0) is 12.3 Å². The highest BCUT2D eigenvalue weighted by molar-refractivity contribution is 7.98. The van der Waals surface area contributed by atoms with Crippen LogP contribution in [0, 0.1) is 11.2 Å². The average Bonchev–Trinajstić information content (AvgIpc) is 2.77. The largest absolute Gasteiger partial charge is 0.384 e. The predicted octanol–water partition coefficient (Wildman–Crippen LogP) is 1.31. The van der Waals surface area contributed by atoms with Crippen molar-refractivity contribution >= 4 is 17.6 Å². The lowest BCUT2D eigenvalue weighted by Crippen LogP contribution is -2.16. The molecule has 4 N–H and O–H groups in total. The number of aromatic nitrogens is 3.